The molecule has 0 fully saturated rings. The number of benzene rings is 1. The van der Waals surface area contributed by atoms with Crippen LogP contribution in [-0.2, 0) is 6.42 Å². The Balaban J connectivity index is 1.91. The molecule has 0 aliphatic rings. The van der Waals surface area contributed by atoms with E-state index in [1.807, 2.05) is 17.7 Å². The van der Waals surface area contributed by atoms with Gasteiger partial charge in [-0.3, -0.25) is 0 Å². The molecule has 4 heteroatoms. The highest BCUT2D eigenvalue weighted by atomic mass is 15.4. The van der Waals surface area contributed by atoms with Crippen LogP contribution in [0.5, 0.6) is 0 Å². The molecule has 2 rings (SSSR count). The minimum absolute atomic E-state index is 0.308. The average Bonchev–Trinajstić information content (AvgIpc) is 2.73. The van der Waals surface area contributed by atoms with Gasteiger partial charge in [-0.15, -0.1) is 0 Å². The standard InChI is InChI=1S/C16H24N4/c1-12(2)20-16(15(17)13(3)19-20)18-11-7-10-14-8-5-4-6-9-14/h4-6,8-9,12,18H,7,10-11,17H2,1-3H3. The van der Waals surface area contributed by atoms with Gasteiger partial charge in [0.05, 0.1) is 11.4 Å². The van der Waals surface area contributed by atoms with Crippen LogP contribution in [0.2, 0.25) is 0 Å². The lowest BCUT2D eigenvalue weighted by Gasteiger charge is -2.13. The lowest BCUT2D eigenvalue weighted by Crippen LogP contribution is -2.12. The topological polar surface area (TPSA) is 55.9 Å². The summed E-state index contributed by atoms with van der Waals surface area (Å²) in [5, 5.41) is 7.91. The molecule has 1 aromatic carbocycles. The summed E-state index contributed by atoms with van der Waals surface area (Å²) in [4.78, 5) is 0. The summed E-state index contributed by atoms with van der Waals surface area (Å²) in [6.45, 7) is 7.07. The maximum Gasteiger partial charge on any atom is 0.148 e. The lowest BCUT2D eigenvalue weighted by atomic mass is 10.1. The molecule has 0 aliphatic carbocycles. The van der Waals surface area contributed by atoms with E-state index in [0.29, 0.717) is 6.04 Å². The molecule has 0 unspecified atom stereocenters. The second-order valence-electron chi connectivity index (χ2n) is 5.40. The fourth-order valence-corrected chi connectivity index (χ4v) is 2.25. The first-order valence-corrected chi connectivity index (χ1v) is 7.22. The van der Waals surface area contributed by atoms with Gasteiger partial charge in [-0.1, -0.05) is 30.3 Å². The molecule has 4 nitrogen and oxygen atoms in total. The zero-order chi connectivity index (χ0) is 14.5. The third-order valence-corrected chi connectivity index (χ3v) is 3.40. The van der Waals surface area contributed by atoms with Crippen molar-refractivity contribution >= 4 is 11.5 Å². The van der Waals surface area contributed by atoms with E-state index in [0.717, 1.165) is 36.6 Å². The predicted octanol–water partition coefficient (Wildman–Crippen LogP) is 3.40. The molecule has 2 aromatic rings. The molecule has 0 amide bonds. The van der Waals surface area contributed by atoms with E-state index < -0.39 is 0 Å². The van der Waals surface area contributed by atoms with Gasteiger partial charge in [0.15, 0.2) is 0 Å². The van der Waals surface area contributed by atoms with Crippen LogP contribution in [0, 0.1) is 6.92 Å². The molecule has 0 saturated carbocycles. The molecule has 0 aliphatic heterocycles. The number of nitrogen functional groups attached to an aromatic ring is 1. The summed E-state index contributed by atoms with van der Waals surface area (Å²) in [5.74, 6) is 0.950. The highest BCUT2D eigenvalue weighted by Gasteiger charge is 2.13. The van der Waals surface area contributed by atoms with Crippen LogP contribution in [0.15, 0.2) is 30.3 Å². The van der Waals surface area contributed by atoms with Gasteiger partial charge in [0.1, 0.15) is 5.82 Å². The van der Waals surface area contributed by atoms with Crippen LogP contribution in [-0.4, -0.2) is 16.3 Å². The molecular formula is C16H24N4. The van der Waals surface area contributed by atoms with Crippen molar-refractivity contribution in [3.05, 3.63) is 41.6 Å². The van der Waals surface area contributed by atoms with Crippen molar-refractivity contribution in [2.45, 2.75) is 39.7 Å². The van der Waals surface area contributed by atoms with E-state index in [-0.39, 0.29) is 0 Å². The van der Waals surface area contributed by atoms with Crippen LogP contribution in [0.4, 0.5) is 11.5 Å². The number of anilines is 2. The van der Waals surface area contributed by atoms with Crippen LogP contribution in [0.1, 0.15) is 37.6 Å². The van der Waals surface area contributed by atoms with Crippen LogP contribution >= 0.6 is 0 Å². The quantitative estimate of drug-likeness (QED) is 0.792. The largest absolute Gasteiger partial charge is 0.394 e. The second kappa shape index (κ2) is 6.46. The summed E-state index contributed by atoms with van der Waals surface area (Å²) in [5.41, 5.74) is 9.12. The van der Waals surface area contributed by atoms with Crippen molar-refractivity contribution in [3.8, 4) is 0 Å². The van der Waals surface area contributed by atoms with Gasteiger partial charge in [0, 0.05) is 12.6 Å². The van der Waals surface area contributed by atoms with Gasteiger partial charge < -0.3 is 11.1 Å². The molecule has 20 heavy (non-hydrogen) atoms. The van der Waals surface area contributed by atoms with Crippen molar-refractivity contribution in [3.63, 3.8) is 0 Å². The number of hydrogen-bond acceptors (Lipinski definition) is 3. The number of aryl methyl sites for hydroxylation is 2. The summed E-state index contributed by atoms with van der Waals surface area (Å²) in [7, 11) is 0. The van der Waals surface area contributed by atoms with Crippen molar-refractivity contribution in [2.75, 3.05) is 17.6 Å². The van der Waals surface area contributed by atoms with E-state index in [1.54, 1.807) is 0 Å². The van der Waals surface area contributed by atoms with Crippen molar-refractivity contribution in [1.29, 1.82) is 0 Å². The average molecular weight is 272 g/mol. The van der Waals surface area contributed by atoms with E-state index in [2.05, 4.69) is 48.5 Å². The fourth-order valence-electron chi connectivity index (χ4n) is 2.25. The van der Waals surface area contributed by atoms with E-state index in [1.165, 1.54) is 5.56 Å². The van der Waals surface area contributed by atoms with Crippen molar-refractivity contribution < 1.29 is 0 Å². The van der Waals surface area contributed by atoms with E-state index in [4.69, 9.17) is 5.73 Å². The van der Waals surface area contributed by atoms with Gasteiger partial charge in [-0.25, -0.2) is 4.68 Å². The van der Waals surface area contributed by atoms with Crippen molar-refractivity contribution in [2.24, 2.45) is 0 Å². The normalized spacial score (nSPS) is 11.0. The van der Waals surface area contributed by atoms with Gasteiger partial charge in [0.25, 0.3) is 0 Å². The highest BCUT2D eigenvalue weighted by molar-refractivity contribution is 5.64. The molecule has 0 spiro atoms. The third-order valence-electron chi connectivity index (χ3n) is 3.40. The lowest BCUT2D eigenvalue weighted by molar-refractivity contribution is 0.534. The van der Waals surface area contributed by atoms with E-state index >= 15 is 0 Å². The second-order valence-corrected chi connectivity index (χ2v) is 5.40. The van der Waals surface area contributed by atoms with Gasteiger partial charge in [0.2, 0.25) is 0 Å². The molecular weight excluding hydrogens is 248 g/mol. The molecule has 0 saturated heterocycles. The Hall–Kier alpha value is -1.97. The Bertz CT molecular complexity index is 543. The van der Waals surface area contributed by atoms with Crippen LogP contribution in [0.25, 0.3) is 0 Å². The first-order chi connectivity index (χ1) is 9.59. The fraction of sp³-hybridized carbons (Fsp3) is 0.438. The molecule has 0 radical (unpaired) electrons. The summed E-state index contributed by atoms with van der Waals surface area (Å²) >= 11 is 0. The van der Waals surface area contributed by atoms with Gasteiger partial charge in [-0.2, -0.15) is 5.10 Å². The maximum absolute atomic E-state index is 6.09. The summed E-state index contributed by atoms with van der Waals surface area (Å²) < 4.78 is 1.97. The number of rotatable bonds is 6. The Kier molecular flexibility index (Phi) is 4.66. The molecule has 1 aromatic heterocycles. The number of hydrogen-bond donors (Lipinski definition) is 2. The predicted molar refractivity (Wildman–Crippen MR) is 85.0 cm³/mol. The molecule has 0 bridgehead atoms. The maximum atomic E-state index is 6.09. The van der Waals surface area contributed by atoms with Crippen LogP contribution in [0.3, 0.4) is 0 Å². The highest BCUT2D eigenvalue weighted by Crippen LogP contribution is 2.25. The summed E-state index contributed by atoms with van der Waals surface area (Å²) in [6.07, 6.45) is 2.15. The minimum atomic E-state index is 0.308. The first-order valence-electron chi connectivity index (χ1n) is 7.22. The van der Waals surface area contributed by atoms with Crippen molar-refractivity contribution in [1.82, 2.24) is 9.78 Å². The van der Waals surface area contributed by atoms with E-state index in [9.17, 15) is 0 Å². The monoisotopic (exact) mass is 272 g/mol. The number of nitrogens with one attached hydrogen (secondary N) is 1. The molecule has 3 N–H and O–H groups in total. The van der Waals surface area contributed by atoms with Gasteiger partial charge in [-0.05, 0) is 39.2 Å². The zero-order valence-electron chi connectivity index (χ0n) is 12.6. The Morgan fingerprint density at radius 3 is 2.60 bits per heavy atom. The summed E-state index contributed by atoms with van der Waals surface area (Å²) in [6, 6.07) is 10.8. The minimum Gasteiger partial charge on any atom is -0.394 e. The Labute approximate surface area is 121 Å². The number of aromatic nitrogens is 2. The van der Waals surface area contributed by atoms with Crippen LogP contribution < -0.4 is 11.1 Å². The zero-order valence-corrected chi connectivity index (χ0v) is 12.6. The smallest absolute Gasteiger partial charge is 0.148 e. The molecule has 1 heterocycles. The molecule has 108 valence electrons. The first kappa shape index (κ1) is 14.4. The Morgan fingerprint density at radius 1 is 1.25 bits per heavy atom. The third kappa shape index (κ3) is 3.32. The Morgan fingerprint density at radius 2 is 1.95 bits per heavy atom. The molecule has 0 atom stereocenters. The number of nitrogens with two attached hydrogens (primary N) is 1. The van der Waals surface area contributed by atoms with Gasteiger partial charge >= 0.3 is 0 Å². The SMILES string of the molecule is Cc1nn(C(C)C)c(NCCCc2ccccc2)c1N. The number of nitrogens with zero attached hydrogens (tertiary/aromatic N) is 2.